The molecule has 24 heavy (non-hydrogen) atoms. The van der Waals surface area contributed by atoms with Crippen molar-refractivity contribution in [2.24, 2.45) is 0 Å². The smallest absolute Gasteiger partial charge is 0.302 e. The molecule has 0 fully saturated rings. The van der Waals surface area contributed by atoms with Gasteiger partial charge in [-0.05, 0) is 47.9 Å². The monoisotopic (exact) mass is 323 g/mol. The van der Waals surface area contributed by atoms with Crippen molar-refractivity contribution >= 4 is 17.3 Å². The quantitative estimate of drug-likeness (QED) is 0.628. The van der Waals surface area contributed by atoms with Crippen LogP contribution in [0.1, 0.15) is 36.6 Å². The molecular formula is C19H21N3O2. The second-order valence-electron chi connectivity index (χ2n) is 5.50. The molecule has 0 aliphatic carbocycles. The molecule has 0 heterocycles. The third kappa shape index (κ3) is 4.50. The number of hydrogen-bond donors (Lipinski definition) is 2. The lowest BCUT2D eigenvalue weighted by molar-refractivity contribution is -0.141. The number of anilines is 2. The Morgan fingerprint density at radius 1 is 1.29 bits per heavy atom. The van der Waals surface area contributed by atoms with Crippen LogP contribution in [-0.4, -0.2) is 12.6 Å². The van der Waals surface area contributed by atoms with Gasteiger partial charge in [0.2, 0.25) is 0 Å². The number of hydrogen-bond acceptors (Lipinski definition) is 5. The highest BCUT2D eigenvalue weighted by Gasteiger charge is 2.15. The van der Waals surface area contributed by atoms with Crippen molar-refractivity contribution in [3.63, 3.8) is 0 Å². The van der Waals surface area contributed by atoms with Gasteiger partial charge in [0.15, 0.2) is 0 Å². The molecule has 3 N–H and O–H groups in total. The van der Waals surface area contributed by atoms with Crippen LogP contribution in [0.25, 0.3) is 0 Å². The maximum Gasteiger partial charge on any atom is 0.302 e. The lowest BCUT2D eigenvalue weighted by Crippen LogP contribution is -2.19. The standard InChI is InChI=1S/C19H21N3O2/c1-3-15-10-16(6-9-18(15)21)19(12-24-13(2)23)22-17-7-4-14(11-20)5-8-17/h4-10,19,22H,3,12,21H2,1-2H3. The molecule has 0 amide bonds. The normalized spacial score (nSPS) is 11.4. The first-order chi connectivity index (χ1) is 11.5. The van der Waals surface area contributed by atoms with E-state index in [0.29, 0.717) is 5.56 Å². The molecule has 124 valence electrons. The first-order valence-electron chi connectivity index (χ1n) is 7.81. The van der Waals surface area contributed by atoms with Crippen molar-refractivity contribution in [2.75, 3.05) is 17.7 Å². The van der Waals surface area contributed by atoms with E-state index in [1.54, 1.807) is 12.1 Å². The minimum atomic E-state index is -0.326. The Labute approximate surface area is 142 Å². The van der Waals surface area contributed by atoms with Crippen molar-refractivity contribution in [2.45, 2.75) is 26.3 Å². The summed E-state index contributed by atoms with van der Waals surface area (Å²) in [5, 5.41) is 12.2. The Morgan fingerprint density at radius 3 is 2.58 bits per heavy atom. The largest absolute Gasteiger partial charge is 0.463 e. The molecule has 0 saturated carbocycles. The van der Waals surface area contributed by atoms with E-state index in [0.717, 1.165) is 28.9 Å². The maximum absolute atomic E-state index is 11.2. The zero-order chi connectivity index (χ0) is 17.5. The van der Waals surface area contributed by atoms with E-state index < -0.39 is 0 Å². The Kier molecular flexibility index (Phi) is 5.80. The summed E-state index contributed by atoms with van der Waals surface area (Å²) >= 11 is 0. The fraction of sp³-hybridized carbons (Fsp3) is 0.263. The van der Waals surface area contributed by atoms with E-state index in [4.69, 9.17) is 15.7 Å². The van der Waals surface area contributed by atoms with E-state index in [-0.39, 0.29) is 18.6 Å². The minimum Gasteiger partial charge on any atom is -0.463 e. The van der Waals surface area contributed by atoms with Crippen LogP contribution >= 0.6 is 0 Å². The van der Waals surface area contributed by atoms with Gasteiger partial charge in [-0.2, -0.15) is 5.26 Å². The van der Waals surface area contributed by atoms with E-state index in [9.17, 15) is 4.79 Å². The number of nitriles is 1. The van der Waals surface area contributed by atoms with Gasteiger partial charge >= 0.3 is 5.97 Å². The molecule has 2 aromatic rings. The second-order valence-corrected chi connectivity index (χ2v) is 5.50. The van der Waals surface area contributed by atoms with Crippen LogP contribution in [0.4, 0.5) is 11.4 Å². The highest BCUT2D eigenvalue weighted by atomic mass is 16.5. The van der Waals surface area contributed by atoms with Crippen molar-refractivity contribution in [3.8, 4) is 6.07 Å². The number of nitrogens with two attached hydrogens (primary N) is 1. The molecule has 2 aromatic carbocycles. The molecular weight excluding hydrogens is 302 g/mol. The molecule has 0 aliphatic rings. The molecule has 5 heteroatoms. The summed E-state index contributed by atoms with van der Waals surface area (Å²) in [5.41, 5.74) is 10.2. The average Bonchev–Trinajstić information content (AvgIpc) is 2.59. The van der Waals surface area contributed by atoms with Crippen molar-refractivity contribution in [3.05, 3.63) is 59.2 Å². The fourth-order valence-electron chi connectivity index (χ4n) is 2.41. The molecule has 5 nitrogen and oxygen atoms in total. The van der Waals surface area contributed by atoms with Gasteiger partial charge in [0.05, 0.1) is 17.7 Å². The zero-order valence-electron chi connectivity index (χ0n) is 13.9. The average molecular weight is 323 g/mol. The molecule has 0 spiro atoms. The highest BCUT2D eigenvalue weighted by Crippen LogP contribution is 2.24. The molecule has 0 aliphatic heterocycles. The SMILES string of the molecule is CCc1cc(C(COC(C)=O)Nc2ccc(C#N)cc2)ccc1N. The number of rotatable bonds is 6. The van der Waals surface area contributed by atoms with Crippen molar-refractivity contribution in [1.29, 1.82) is 5.26 Å². The minimum absolute atomic E-state index is 0.201. The number of benzene rings is 2. The van der Waals surface area contributed by atoms with Crippen molar-refractivity contribution in [1.82, 2.24) is 0 Å². The summed E-state index contributed by atoms with van der Waals surface area (Å²) in [6.07, 6.45) is 0.830. The van der Waals surface area contributed by atoms with Gasteiger partial charge in [0.1, 0.15) is 6.61 Å². The number of carbonyl (C=O) groups excluding carboxylic acids is 1. The molecule has 1 atom stereocenters. The summed E-state index contributed by atoms with van der Waals surface area (Å²) in [5.74, 6) is -0.326. The molecule has 0 aromatic heterocycles. The molecule has 1 unspecified atom stereocenters. The third-order valence-electron chi connectivity index (χ3n) is 3.76. The third-order valence-corrected chi connectivity index (χ3v) is 3.76. The van der Waals surface area contributed by atoms with E-state index >= 15 is 0 Å². The number of carbonyl (C=O) groups is 1. The number of nitrogens with one attached hydrogen (secondary N) is 1. The van der Waals surface area contributed by atoms with E-state index in [2.05, 4.69) is 11.4 Å². The summed E-state index contributed by atoms with van der Waals surface area (Å²) < 4.78 is 5.19. The number of nitrogen functional groups attached to an aromatic ring is 1. The topological polar surface area (TPSA) is 88.1 Å². The van der Waals surface area contributed by atoms with Gasteiger partial charge in [-0.1, -0.05) is 19.1 Å². The van der Waals surface area contributed by atoms with Gasteiger partial charge < -0.3 is 15.8 Å². The predicted octanol–water partition coefficient (Wildman–Crippen LogP) is 3.42. The van der Waals surface area contributed by atoms with Crippen LogP contribution in [0, 0.1) is 11.3 Å². The highest BCUT2D eigenvalue weighted by molar-refractivity contribution is 5.66. The Balaban J connectivity index is 2.26. The first-order valence-corrected chi connectivity index (χ1v) is 7.81. The van der Waals surface area contributed by atoms with Gasteiger partial charge in [0.25, 0.3) is 0 Å². The maximum atomic E-state index is 11.2. The van der Waals surface area contributed by atoms with E-state index in [1.165, 1.54) is 6.92 Å². The van der Waals surface area contributed by atoms with Gasteiger partial charge in [-0.3, -0.25) is 4.79 Å². The Hall–Kier alpha value is -3.00. The van der Waals surface area contributed by atoms with Crippen LogP contribution in [0.3, 0.4) is 0 Å². The number of nitrogens with zero attached hydrogens (tertiary/aromatic N) is 1. The summed E-state index contributed by atoms with van der Waals surface area (Å²) in [6, 6.07) is 14.9. The summed E-state index contributed by atoms with van der Waals surface area (Å²) in [7, 11) is 0. The van der Waals surface area contributed by atoms with E-state index in [1.807, 2.05) is 37.3 Å². The van der Waals surface area contributed by atoms with Crippen LogP contribution in [0.15, 0.2) is 42.5 Å². The summed E-state index contributed by atoms with van der Waals surface area (Å²) in [6.45, 7) is 3.65. The second kappa shape index (κ2) is 8.02. The van der Waals surface area contributed by atoms with Crippen LogP contribution in [-0.2, 0) is 16.0 Å². The number of aryl methyl sites for hydroxylation is 1. The molecule has 2 rings (SSSR count). The number of esters is 1. The van der Waals surface area contributed by atoms with Crippen molar-refractivity contribution < 1.29 is 9.53 Å². The number of ether oxygens (including phenoxy) is 1. The fourth-order valence-corrected chi connectivity index (χ4v) is 2.41. The van der Waals surface area contributed by atoms with Crippen LogP contribution in [0.5, 0.6) is 0 Å². The van der Waals surface area contributed by atoms with Gasteiger partial charge in [-0.25, -0.2) is 0 Å². The first kappa shape index (κ1) is 17.4. The summed E-state index contributed by atoms with van der Waals surface area (Å²) in [4.78, 5) is 11.2. The lowest BCUT2D eigenvalue weighted by Gasteiger charge is -2.21. The Bertz CT molecular complexity index is 748. The zero-order valence-corrected chi connectivity index (χ0v) is 13.9. The van der Waals surface area contributed by atoms with Crippen LogP contribution in [0.2, 0.25) is 0 Å². The Morgan fingerprint density at radius 2 is 2.00 bits per heavy atom. The van der Waals surface area contributed by atoms with Gasteiger partial charge in [0, 0.05) is 18.3 Å². The molecule has 0 radical (unpaired) electrons. The van der Waals surface area contributed by atoms with Gasteiger partial charge in [-0.15, -0.1) is 0 Å². The molecule has 0 bridgehead atoms. The van der Waals surface area contributed by atoms with Crippen LogP contribution < -0.4 is 11.1 Å². The molecule has 0 saturated heterocycles. The lowest BCUT2D eigenvalue weighted by atomic mass is 10.0. The predicted molar refractivity (Wildman–Crippen MR) is 94.4 cm³/mol.